The van der Waals surface area contributed by atoms with E-state index in [2.05, 4.69) is 34.3 Å². The van der Waals surface area contributed by atoms with Gasteiger partial charge in [0.25, 0.3) is 0 Å². The molecule has 1 aromatic carbocycles. The van der Waals surface area contributed by atoms with Gasteiger partial charge in [-0.3, -0.25) is 4.57 Å². The number of nitrogens with one attached hydrogen (secondary N) is 1. The summed E-state index contributed by atoms with van der Waals surface area (Å²) in [6.45, 7) is 3.93. The topological polar surface area (TPSA) is 42.7 Å². The average molecular weight is 252 g/mol. The first-order valence-corrected chi connectivity index (χ1v) is 6.46. The Morgan fingerprint density at radius 3 is 2.95 bits per heavy atom. The number of benzene rings is 1. The van der Waals surface area contributed by atoms with Crippen LogP contribution in [0.4, 0.5) is 0 Å². The summed E-state index contributed by atoms with van der Waals surface area (Å²) in [4.78, 5) is 8.83. The third-order valence-corrected chi connectivity index (χ3v) is 3.09. The highest BCUT2D eigenvalue weighted by molar-refractivity contribution is 5.76. The summed E-state index contributed by atoms with van der Waals surface area (Å²) in [5.41, 5.74) is 3.29. The Labute approximate surface area is 112 Å². The summed E-state index contributed by atoms with van der Waals surface area (Å²) in [6, 6.07) is 12.2. The van der Waals surface area contributed by atoms with Crippen molar-refractivity contribution in [2.24, 2.45) is 0 Å². The van der Waals surface area contributed by atoms with E-state index >= 15 is 0 Å². The normalized spacial score (nSPS) is 11.0. The number of imidazole rings is 1. The summed E-state index contributed by atoms with van der Waals surface area (Å²) in [7, 11) is 0. The SMILES string of the molecule is CCNCc1ccnc(-n2cnc3ccccc32)c1. The summed E-state index contributed by atoms with van der Waals surface area (Å²) < 4.78 is 2.02. The minimum atomic E-state index is 0.860. The molecule has 0 radical (unpaired) electrons. The molecule has 0 spiro atoms. The largest absolute Gasteiger partial charge is 0.313 e. The second-order valence-corrected chi connectivity index (χ2v) is 4.41. The van der Waals surface area contributed by atoms with Crippen LogP contribution >= 0.6 is 0 Å². The van der Waals surface area contributed by atoms with Crippen molar-refractivity contribution < 1.29 is 0 Å². The minimum absolute atomic E-state index is 0.860. The van der Waals surface area contributed by atoms with Crippen LogP contribution in [0.3, 0.4) is 0 Å². The molecule has 4 heteroatoms. The van der Waals surface area contributed by atoms with Gasteiger partial charge in [0.15, 0.2) is 0 Å². The monoisotopic (exact) mass is 252 g/mol. The Kier molecular flexibility index (Phi) is 3.25. The van der Waals surface area contributed by atoms with E-state index in [0.717, 1.165) is 29.9 Å². The van der Waals surface area contributed by atoms with E-state index < -0.39 is 0 Å². The molecule has 0 aliphatic carbocycles. The van der Waals surface area contributed by atoms with Crippen molar-refractivity contribution in [1.29, 1.82) is 0 Å². The lowest BCUT2D eigenvalue weighted by atomic mass is 10.2. The van der Waals surface area contributed by atoms with Crippen LogP contribution < -0.4 is 5.32 Å². The first kappa shape index (κ1) is 11.9. The van der Waals surface area contributed by atoms with Crippen LogP contribution in [0.15, 0.2) is 48.9 Å². The van der Waals surface area contributed by atoms with Gasteiger partial charge in [-0.2, -0.15) is 0 Å². The van der Waals surface area contributed by atoms with Gasteiger partial charge in [0.05, 0.1) is 11.0 Å². The van der Waals surface area contributed by atoms with Crippen LogP contribution in [0.2, 0.25) is 0 Å². The van der Waals surface area contributed by atoms with Gasteiger partial charge in [-0.05, 0) is 36.4 Å². The summed E-state index contributed by atoms with van der Waals surface area (Å²) in [5.74, 6) is 0.907. The molecule has 0 bridgehead atoms. The fraction of sp³-hybridized carbons (Fsp3) is 0.200. The van der Waals surface area contributed by atoms with Gasteiger partial charge in [0.2, 0.25) is 0 Å². The fourth-order valence-electron chi connectivity index (χ4n) is 2.11. The van der Waals surface area contributed by atoms with Gasteiger partial charge in [-0.15, -0.1) is 0 Å². The molecule has 0 atom stereocenters. The molecule has 0 unspecified atom stereocenters. The number of para-hydroxylation sites is 2. The van der Waals surface area contributed by atoms with Gasteiger partial charge in [0, 0.05) is 12.7 Å². The number of rotatable bonds is 4. The van der Waals surface area contributed by atoms with Gasteiger partial charge in [-0.1, -0.05) is 19.1 Å². The maximum atomic E-state index is 4.44. The molecule has 1 N–H and O–H groups in total. The van der Waals surface area contributed by atoms with Gasteiger partial charge < -0.3 is 5.32 Å². The van der Waals surface area contributed by atoms with Gasteiger partial charge in [0.1, 0.15) is 12.1 Å². The molecule has 0 saturated heterocycles. The van der Waals surface area contributed by atoms with Gasteiger partial charge in [-0.25, -0.2) is 9.97 Å². The smallest absolute Gasteiger partial charge is 0.138 e. The van der Waals surface area contributed by atoms with E-state index in [1.54, 1.807) is 0 Å². The van der Waals surface area contributed by atoms with Crippen molar-refractivity contribution in [2.75, 3.05) is 6.54 Å². The standard InChI is InChI=1S/C15H16N4/c1-2-16-10-12-7-8-17-15(9-12)19-11-18-13-5-3-4-6-14(13)19/h3-9,11,16H,2,10H2,1H3. The number of fused-ring (bicyclic) bond motifs is 1. The molecule has 3 aromatic rings. The van der Waals surface area contributed by atoms with Crippen molar-refractivity contribution in [1.82, 2.24) is 19.9 Å². The molecular formula is C15H16N4. The third kappa shape index (κ3) is 2.35. The van der Waals surface area contributed by atoms with Crippen LogP contribution in [0.5, 0.6) is 0 Å². The maximum absolute atomic E-state index is 4.44. The fourth-order valence-corrected chi connectivity index (χ4v) is 2.11. The van der Waals surface area contributed by atoms with Crippen molar-refractivity contribution in [3.05, 3.63) is 54.5 Å². The highest BCUT2D eigenvalue weighted by Gasteiger charge is 2.05. The predicted octanol–water partition coefficient (Wildman–Crippen LogP) is 2.53. The number of pyridine rings is 1. The Bertz CT molecular complexity index is 687. The Balaban J connectivity index is 2.01. The molecule has 0 amide bonds. The van der Waals surface area contributed by atoms with E-state index in [4.69, 9.17) is 0 Å². The van der Waals surface area contributed by atoms with E-state index in [1.807, 2.05) is 41.4 Å². The number of hydrogen-bond donors (Lipinski definition) is 1. The summed E-state index contributed by atoms with van der Waals surface area (Å²) in [6.07, 6.45) is 3.67. The Morgan fingerprint density at radius 1 is 1.16 bits per heavy atom. The predicted molar refractivity (Wildman–Crippen MR) is 76.2 cm³/mol. The zero-order valence-corrected chi connectivity index (χ0v) is 10.9. The molecular weight excluding hydrogens is 236 g/mol. The maximum Gasteiger partial charge on any atom is 0.138 e. The molecule has 19 heavy (non-hydrogen) atoms. The molecule has 96 valence electrons. The summed E-state index contributed by atoms with van der Waals surface area (Å²) >= 11 is 0. The lowest BCUT2D eigenvalue weighted by Crippen LogP contribution is -2.12. The van der Waals surface area contributed by atoms with Crippen LogP contribution in [-0.4, -0.2) is 21.1 Å². The zero-order chi connectivity index (χ0) is 13.1. The van der Waals surface area contributed by atoms with Crippen LogP contribution in [0, 0.1) is 0 Å². The average Bonchev–Trinajstić information content (AvgIpc) is 2.89. The van der Waals surface area contributed by atoms with Crippen LogP contribution in [-0.2, 0) is 6.54 Å². The number of hydrogen-bond acceptors (Lipinski definition) is 3. The molecule has 0 aliphatic rings. The molecule has 2 heterocycles. The summed E-state index contributed by atoms with van der Waals surface area (Å²) in [5, 5.41) is 3.32. The van der Waals surface area contributed by atoms with Crippen LogP contribution in [0.1, 0.15) is 12.5 Å². The lowest BCUT2D eigenvalue weighted by Gasteiger charge is -2.06. The highest BCUT2D eigenvalue weighted by atomic mass is 15.1. The van der Waals surface area contributed by atoms with Crippen LogP contribution in [0.25, 0.3) is 16.9 Å². The van der Waals surface area contributed by atoms with Gasteiger partial charge >= 0.3 is 0 Å². The zero-order valence-electron chi connectivity index (χ0n) is 10.9. The quantitative estimate of drug-likeness (QED) is 0.776. The first-order chi connectivity index (χ1) is 9.38. The molecule has 0 saturated carbocycles. The van der Waals surface area contributed by atoms with Crippen molar-refractivity contribution in [3.8, 4) is 5.82 Å². The second-order valence-electron chi connectivity index (χ2n) is 4.41. The minimum Gasteiger partial charge on any atom is -0.313 e. The highest BCUT2D eigenvalue weighted by Crippen LogP contribution is 2.16. The Hall–Kier alpha value is -2.20. The first-order valence-electron chi connectivity index (χ1n) is 6.46. The van der Waals surface area contributed by atoms with E-state index in [-0.39, 0.29) is 0 Å². The van der Waals surface area contributed by atoms with E-state index in [1.165, 1.54) is 5.56 Å². The van der Waals surface area contributed by atoms with E-state index in [0.29, 0.717) is 0 Å². The third-order valence-electron chi connectivity index (χ3n) is 3.09. The molecule has 0 fully saturated rings. The molecule has 0 aliphatic heterocycles. The van der Waals surface area contributed by atoms with Crippen molar-refractivity contribution >= 4 is 11.0 Å². The molecule has 3 rings (SSSR count). The molecule has 2 aromatic heterocycles. The Morgan fingerprint density at radius 2 is 2.05 bits per heavy atom. The lowest BCUT2D eigenvalue weighted by molar-refractivity contribution is 0.725. The van der Waals surface area contributed by atoms with Crippen molar-refractivity contribution in [3.63, 3.8) is 0 Å². The number of aromatic nitrogens is 3. The second kappa shape index (κ2) is 5.20. The number of nitrogens with zero attached hydrogens (tertiary/aromatic N) is 3. The molecule has 4 nitrogen and oxygen atoms in total. The van der Waals surface area contributed by atoms with Crippen molar-refractivity contribution in [2.45, 2.75) is 13.5 Å². The van der Waals surface area contributed by atoms with E-state index in [9.17, 15) is 0 Å².